The van der Waals surface area contributed by atoms with Crippen molar-refractivity contribution in [1.29, 1.82) is 0 Å². The maximum absolute atomic E-state index is 13.3. The predicted molar refractivity (Wildman–Crippen MR) is 76.2 cm³/mol. The molecule has 100 valence electrons. The highest BCUT2D eigenvalue weighted by atomic mass is 35.5. The van der Waals surface area contributed by atoms with Crippen molar-refractivity contribution in [3.8, 4) is 0 Å². The van der Waals surface area contributed by atoms with E-state index < -0.39 is 0 Å². The Kier molecular flexibility index (Phi) is 12.5. The van der Waals surface area contributed by atoms with E-state index in [0.717, 1.165) is 19.5 Å². The summed E-state index contributed by atoms with van der Waals surface area (Å²) >= 11 is 5.88. The molecule has 1 aromatic rings. The van der Waals surface area contributed by atoms with Gasteiger partial charge in [0.05, 0.1) is 0 Å². The number of hydrogen-bond donors (Lipinski definition) is 2. The van der Waals surface area contributed by atoms with E-state index in [-0.39, 0.29) is 30.6 Å². The summed E-state index contributed by atoms with van der Waals surface area (Å²) in [5, 5.41) is 6.69. The molecule has 1 rings (SSSR count). The van der Waals surface area contributed by atoms with E-state index in [2.05, 4.69) is 10.6 Å². The van der Waals surface area contributed by atoms with Gasteiger partial charge in [-0.3, -0.25) is 0 Å². The minimum Gasteiger partial charge on any atom is -0.320 e. The largest absolute Gasteiger partial charge is 0.320 e. The highest BCUT2D eigenvalue weighted by molar-refractivity contribution is 6.31. The second-order valence-electron chi connectivity index (χ2n) is 3.33. The van der Waals surface area contributed by atoms with Gasteiger partial charge in [-0.1, -0.05) is 17.7 Å². The SMILES string of the molecule is CNCCCNCc1c(F)cccc1Cl.Cl.Cl. The van der Waals surface area contributed by atoms with Crippen molar-refractivity contribution in [3.05, 3.63) is 34.6 Å². The minimum absolute atomic E-state index is 0. The van der Waals surface area contributed by atoms with E-state index in [0.29, 0.717) is 17.1 Å². The Balaban J connectivity index is 0. The fourth-order valence-electron chi connectivity index (χ4n) is 1.30. The van der Waals surface area contributed by atoms with Crippen LogP contribution in [-0.2, 0) is 6.54 Å². The smallest absolute Gasteiger partial charge is 0.129 e. The van der Waals surface area contributed by atoms with E-state index in [1.54, 1.807) is 12.1 Å². The summed E-state index contributed by atoms with van der Waals surface area (Å²) in [4.78, 5) is 0. The molecule has 0 aliphatic rings. The van der Waals surface area contributed by atoms with Gasteiger partial charge in [-0.05, 0) is 38.7 Å². The zero-order chi connectivity index (χ0) is 11.1. The van der Waals surface area contributed by atoms with Crippen LogP contribution in [0.2, 0.25) is 5.02 Å². The summed E-state index contributed by atoms with van der Waals surface area (Å²) in [6.45, 7) is 2.29. The Morgan fingerprint density at radius 3 is 2.53 bits per heavy atom. The molecule has 17 heavy (non-hydrogen) atoms. The highest BCUT2D eigenvalue weighted by Crippen LogP contribution is 2.18. The molecule has 0 unspecified atom stereocenters. The number of halogens is 4. The first-order chi connectivity index (χ1) is 7.25. The van der Waals surface area contributed by atoms with Crippen LogP contribution in [0.15, 0.2) is 18.2 Å². The molecule has 2 N–H and O–H groups in total. The molecule has 2 nitrogen and oxygen atoms in total. The second-order valence-corrected chi connectivity index (χ2v) is 3.74. The molecular weight excluding hydrogens is 285 g/mol. The van der Waals surface area contributed by atoms with Gasteiger partial charge in [0.2, 0.25) is 0 Å². The summed E-state index contributed by atoms with van der Waals surface area (Å²) in [5.41, 5.74) is 0.545. The van der Waals surface area contributed by atoms with Crippen molar-refractivity contribution in [1.82, 2.24) is 10.6 Å². The quantitative estimate of drug-likeness (QED) is 0.789. The number of rotatable bonds is 6. The molecule has 0 aliphatic carbocycles. The normalized spacial score (nSPS) is 9.35. The lowest BCUT2D eigenvalue weighted by molar-refractivity contribution is 0.577. The molecule has 0 saturated heterocycles. The lowest BCUT2D eigenvalue weighted by Gasteiger charge is -2.07. The van der Waals surface area contributed by atoms with Crippen LogP contribution in [0.25, 0.3) is 0 Å². The molecule has 0 aliphatic heterocycles. The molecule has 0 amide bonds. The van der Waals surface area contributed by atoms with Crippen LogP contribution >= 0.6 is 36.4 Å². The summed E-state index contributed by atoms with van der Waals surface area (Å²) in [6, 6.07) is 4.74. The van der Waals surface area contributed by atoms with Crippen LogP contribution in [0.1, 0.15) is 12.0 Å². The molecule has 0 heterocycles. The van der Waals surface area contributed by atoms with E-state index >= 15 is 0 Å². The van der Waals surface area contributed by atoms with Gasteiger partial charge < -0.3 is 10.6 Å². The van der Waals surface area contributed by atoms with Crippen molar-refractivity contribution in [2.24, 2.45) is 0 Å². The minimum atomic E-state index is -0.247. The zero-order valence-corrected chi connectivity index (χ0v) is 12.0. The van der Waals surface area contributed by atoms with Gasteiger partial charge in [-0.15, -0.1) is 24.8 Å². The second kappa shape index (κ2) is 11.1. The van der Waals surface area contributed by atoms with Crippen LogP contribution in [0.4, 0.5) is 4.39 Å². The first-order valence-electron chi connectivity index (χ1n) is 5.04. The molecule has 0 fully saturated rings. The summed E-state index contributed by atoms with van der Waals surface area (Å²) in [7, 11) is 1.91. The summed E-state index contributed by atoms with van der Waals surface area (Å²) < 4.78 is 13.3. The molecule has 6 heteroatoms. The molecule has 0 bridgehead atoms. The van der Waals surface area contributed by atoms with Crippen molar-refractivity contribution in [3.63, 3.8) is 0 Å². The Morgan fingerprint density at radius 1 is 1.24 bits per heavy atom. The average Bonchev–Trinajstić information content (AvgIpc) is 2.21. The van der Waals surface area contributed by atoms with Crippen LogP contribution in [0.5, 0.6) is 0 Å². The van der Waals surface area contributed by atoms with E-state index in [1.807, 2.05) is 7.05 Å². The topological polar surface area (TPSA) is 24.1 Å². The molecular formula is C11H18Cl3FN2. The van der Waals surface area contributed by atoms with Gasteiger partial charge in [0.15, 0.2) is 0 Å². The molecule has 0 radical (unpaired) electrons. The lowest BCUT2D eigenvalue weighted by atomic mass is 10.2. The van der Waals surface area contributed by atoms with Crippen LogP contribution < -0.4 is 10.6 Å². The van der Waals surface area contributed by atoms with Gasteiger partial charge in [0.1, 0.15) is 5.82 Å². The van der Waals surface area contributed by atoms with Crippen molar-refractivity contribution in [2.75, 3.05) is 20.1 Å². The van der Waals surface area contributed by atoms with Gasteiger partial charge in [0.25, 0.3) is 0 Å². The zero-order valence-electron chi connectivity index (χ0n) is 9.63. The number of nitrogens with one attached hydrogen (secondary N) is 2. The Hall–Kier alpha value is -0.0600. The van der Waals surface area contributed by atoms with E-state index in [4.69, 9.17) is 11.6 Å². The fraction of sp³-hybridized carbons (Fsp3) is 0.455. The van der Waals surface area contributed by atoms with Gasteiger partial charge in [0, 0.05) is 17.1 Å². The third kappa shape index (κ3) is 7.06. The van der Waals surface area contributed by atoms with Gasteiger partial charge in [-0.2, -0.15) is 0 Å². The first-order valence-corrected chi connectivity index (χ1v) is 5.41. The first kappa shape index (κ1) is 19.3. The van der Waals surface area contributed by atoms with E-state index in [1.165, 1.54) is 6.07 Å². The van der Waals surface area contributed by atoms with Crippen molar-refractivity contribution >= 4 is 36.4 Å². The lowest BCUT2D eigenvalue weighted by Crippen LogP contribution is -2.20. The predicted octanol–water partition coefficient (Wildman–Crippen LogP) is 3.02. The van der Waals surface area contributed by atoms with Gasteiger partial charge in [-0.25, -0.2) is 4.39 Å². The van der Waals surface area contributed by atoms with Crippen molar-refractivity contribution < 1.29 is 4.39 Å². The third-order valence-corrected chi connectivity index (χ3v) is 2.50. The Bertz CT molecular complexity index is 291. The molecule has 0 aromatic heterocycles. The Labute approximate surface area is 119 Å². The van der Waals surface area contributed by atoms with Crippen molar-refractivity contribution in [2.45, 2.75) is 13.0 Å². The standard InChI is InChI=1S/C11H16ClFN2.2ClH/c1-14-6-3-7-15-8-9-10(12)4-2-5-11(9)13;;/h2,4-5,14-15H,3,6-8H2,1H3;2*1H. The third-order valence-electron chi connectivity index (χ3n) is 2.14. The van der Waals surface area contributed by atoms with E-state index in [9.17, 15) is 4.39 Å². The summed E-state index contributed by atoms with van der Waals surface area (Å²) in [5.74, 6) is -0.247. The molecule has 0 saturated carbocycles. The van der Waals surface area contributed by atoms with Crippen LogP contribution in [0, 0.1) is 5.82 Å². The van der Waals surface area contributed by atoms with Gasteiger partial charge >= 0.3 is 0 Å². The number of benzene rings is 1. The maximum Gasteiger partial charge on any atom is 0.129 e. The fourth-order valence-corrected chi connectivity index (χ4v) is 1.53. The van der Waals surface area contributed by atoms with Crippen LogP contribution in [0.3, 0.4) is 0 Å². The molecule has 1 aromatic carbocycles. The summed E-state index contributed by atoms with van der Waals surface area (Å²) in [6.07, 6.45) is 1.02. The average molecular weight is 304 g/mol. The Morgan fingerprint density at radius 2 is 1.94 bits per heavy atom. The monoisotopic (exact) mass is 302 g/mol. The van der Waals surface area contributed by atoms with Crippen LogP contribution in [-0.4, -0.2) is 20.1 Å². The maximum atomic E-state index is 13.3. The molecule has 0 spiro atoms. The highest BCUT2D eigenvalue weighted by Gasteiger charge is 2.05. The number of hydrogen-bond acceptors (Lipinski definition) is 2. The molecule has 0 atom stereocenters.